The third-order valence-electron chi connectivity index (χ3n) is 11.4. The molecule has 10 unspecified atom stereocenters. The molecule has 10 atom stereocenters. The van der Waals surface area contributed by atoms with Gasteiger partial charge in [-0.3, -0.25) is 56.8 Å². The van der Waals surface area contributed by atoms with Crippen molar-refractivity contribution in [2.45, 2.75) is 19.6 Å². The number of hydrogen-bond donors (Lipinski definition) is 5. The van der Waals surface area contributed by atoms with E-state index in [1.165, 1.54) is 106 Å². The van der Waals surface area contributed by atoms with Crippen LogP contribution in [0.15, 0.2) is 117 Å². The van der Waals surface area contributed by atoms with E-state index in [0.717, 1.165) is 71.5 Å². The van der Waals surface area contributed by atoms with Gasteiger partial charge in [0.2, 0.25) is 0 Å². The van der Waals surface area contributed by atoms with Crippen molar-refractivity contribution in [2.24, 2.45) is 0 Å². The molecular weight excluding hydrogens is 1680 g/mol. The minimum absolute atomic E-state index is 0.0717. The van der Waals surface area contributed by atoms with Gasteiger partial charge in [0.05, 0.1) is 86.7 Å². The summed E-state index contributed by atoms with van der Waals surface area (Å²) in [6.07, 6.45) is 6.60. The molecular formula is C48H75N9O33S14. The van der Waals surface area contributed by atoms with Gasteiger partial charge < -0.3 is 4.18 Å². The lowest BCUT2D eigenvalue weighted by Crippen LogP contribution is -2.26. The maximum absolute atomic E-state index is 11.8. The molecule has 5 aromatic carbocycles. The minimum Gasteiger partial charge on any atom is -0.380 e. The van der Waals surface area contributed by atoms with E-state index in [9.17, 15) is 89.4 Å². The number of nitrogens with one attached hydrogen (secondary N) is 1. The van der Waals surface area contributed by atoms with E-state index >= 15 is 0 Å². The van der Waals surface area contributed by atoms with Crippen LogP contribution in [-0.2, 0) is 195 Å². The summed E-state index contributed by atoms with van der Waals surface area (Å²) >= 11 is -17.4. The molecule has 0 aliphatic rings. The van der Waals surface area contributed by atoms with E-state index in [1.54, 1.807) is 69.7 Å². The van der Waals surface area contributed by atoms with E-state index < -0.39 is 183 Å². The van der Waals surface area contributed by atoms with E-state index in [2.05, 4.69) is 21.5 Å². The Kier molecular flexibility index (Phi) is 41.9. The van der Waals surface area contributed by atoms with Crippen molar-refractivity contribution in [2.75, 3.05) is 166 Å². The van der Waals surface area contributed by atoms with E-state index in [1.807, 2.05) is 0 Å². The van der Waals surface area contributed by atoms with Gasteiger partial charge in [-0.25, -0.2) is 63.2 Å². The van der Waals surface area contributed by atoms with E-state index in [4.69, 9.17) is 34.3 Å². The van der Waals surface area contributed by atoms with Crippen LogP contribution in [0.2, 0.25) is 0 Å². The number of benzene rings is 5. The lowest BCUT2D eigenvalue weighted by atomic mass is 10.2. The summed E-state index contributed by atoms with van der Waals surface area (Å²) in [7, 11) is -1.61. The van der Waals surface area contributed by atoms with Crippen LogP contribution in [0.25, 0.3) is 0 Å². The lowest BCUT2D eigenvalue weighted by molar-refractivity contribution is 0.333. The average Bonchev–Trinajstić information content (AvgIpc) is 0.770. The predicted octanol–water partition coefficient (Wildman–Crippen LogP) is 1.95. The second kappa shape index (κ2) is 45.0. The Bertz CT molecular complexity index is 4440. The first kappa shape index (κ1) is 96.9. The van der Waals surface area contributed by atoms with Gasteiger partial charge >= 0.3 is 11.4 Å². The standard InChI is InChI=1S/C10H16N2O10S4.C10H16N2O7S3.C10H16N2O4S2.C9H14N2O7S3.C9H13NO5S2/c1-11(22-23(4)13)7-5-8(12(2)24(14)21-3)10(26(18,19)20)6-9(7)25(15,16)17;1-11(19-20(4)13)8-5-6-10(22(15,16)17)9(7-8)12(2)21(14)18-3;1-11(16-17(4)13)9-6-5-7-10(8-9)12(2)18(14)15-3;1-11(18-19(3)12)7-4-5-9(21(14,15)16)8(6-7)10-20(13)17-2;1-10(15-16(3)11)8-5-4-6-9(7-8)14-17(12)13-2/h5-6H,1-4H3,(H,15,16,17)(H,18,19,20);5-7H,1-4H3,(H,15,16,17);5-8H,1-4H3;4-6,10H,1-3H3,(H,14,15,16);4-7H,1-3H3. The van der Waals surface area contributed by atoms with Crippen LogP contribution in [0.3, 0.4) is 0 Å². The fourth-order valence-corrected chi connectivity index (χ4v) is 14.4. The molecule has 0 amide bonds. The molecule has 5 rings (SSSR count). The normalized spacial score (nSPS) is 14.4. The van der Waals surface area contributed by atoms with Crippen molar-refractivity contribution in [3.8, 4) is 5.75 Å². The summed E-state index contributed by atoms with van der Waals surface area (Å²) in [6, 6.07) is 22.4. The van der Waals surface area contributed by atoms with Crippen LogP contribution in [0.5, 0.6) is 5.75 Å². The Hall–Kier alpha value is -5.16. The Morgan fingerprint density at radius 2 is 0.673 bits per heavy atom. The Morgan fingerprint density at radius 1 is 0.337 bits per heavy atom. The summed E-state index contributed by atoms with van der Waals surface area (Å²) in [5.41, 5.74) is 1.55. The zero-order valence-corrected chi connectivity index (χ0v) is 69.1. The van der Waals surface area contributed by atoms with Crippen molar-refractivity contribution in [1.29, 1.82) is 0 Å². The highest BCUT2D eigenvalue weighted by molar-refractivity contribution is 7.88. The van der Waals surface area contributed by atoms with Gasteiger partial charge in [-0.15, -0.1) is 0 Å². The molecule has 0 aliphatic carbocycles. The number of hydrogen-bond acceptors (Lipinski definition) is 34. The Labute approximate surface area is 627 Å². The highest BCUT2D eigenvalue weighted by Crippen LogP contribution is 2.37. The molecule has 104 heavy (non-hydrogen) atoms. The summed E-state index contributed by atoms with van der Waals surface area (Å²) in [5.74, 6) is 0.361. The van der Waals surface area contributed by atoms with Gasteiger partial charge in [0.15, 0.2) is 55.4 Å². The van der Waals surface area contributed by atoms with Crippen LogP contribution in [0.1, 0.15) is 0 Å². The van der Waals surface area contributed by atoms with Crippen LogP contribution in [-0.4, -0.2) is 217 Å². The van der Waals surface area contributed by atoms with E-state index in [0.29, 0.717) is 45.3 Å². The summed E-state index contributed by atoms with van der Waals surface area (Å²) in [6.45, 7) is 0. The molecule has 0 fully saturated rings. The number of rotatable bonds is 34. The molecule has 0 aliphatic heterocycles. The van der Waals surface area contributed by atoms with E-state index in [-0.39, 0.29) is 11.4 Å². The highest BCUT2D eigenvalue weighted by Gasteiger charge is 2.31. The molecule has 0 radical (unpaired) electrons. The SMILES string of the molecule is COS(=O)N(C)c1cc(N(C)OS(C)=O)c(S(=O)(=O)O)cc1S(=O)(=O)O.COS(=O)N(C)c1cc(N(C)OS(C)=O)ccc1S(=O)(=O)O.COS(=O)N(C)c1cccc(N(C)OS(C)=O)c1.COS(=O)Nc1cc(N(C)OS(C)=O)ccc1S(=O)(=O)O.COS(=O)Oc1cccc(N(C)OS(C)=O)c1. The molecule has 0 saturated heterocycles. The van der Waals surface area contributed by atoms with Crippen molar-refractivity contribution < 1.29 is 140 Å². The second-order valence-electron chi connectivity index (χ2n) is 18.5. The topological polar surface area (TPSA) is 528 Å². The minimum atomic E-state index is -5.00. The van der Waals surface area contributed by atoms with Crippen molar-refractivity contribution in [3.05, 3.63) is 97.1 Å². The molecule has 5 aromatic rings. The zero-order chi connectivity index (χ0) is 80.3. The smallest absolute Gasteiger partial charge is 0.359 e. The van der Waals surface area contributed by atoms with Crippen LogP contribution < -0.4 is 47.1 Å². The van der Waals surface area contributed by atoms with Crippen molar-refractivity contribution >= 4 is 203 Å². The van der Waals surface area contributed by atoms with Crippen LogP contribution in [0, 0.1) is 0 Å². The molecule has 0 saturated carbocycles. The first-order valence-corrected chi connectivity index (χ1v) is 45.1. The van der Waals surface area contributed by atoms with Gasteiger partial charge in [0, 0.05) is 93.7 Å². The van der Waals surface area contributed by atoms with Gasteiger partial charge in [-0.05, 0) is 78.9 Å². The second-order valence-corrected chi connectivity index (χ2v) is 34.7. The molecule has 5 N–H and O–H groups in total. The van der Waals surface area contributed by atoms with Crippen LogP contribution in [0.4, 0.5) is 51.2 Å². The zero-order valence-electron chi connectivity index (χ0n) is 57.7. The Morgan fingerprint density at radius 3 is 1.06 bits per heavy atom. The molecule has 0 bridgehead atoms. The van der Waals surface area contributed by atoms with Gasteiger partial charge in [0.1, 0.15) is 25.3 Å². The third-order valence-corrected chi connectivity index (χ3v) is 21.2. The number of anilines is 9. The maximum Gasteiger partial charge on any atom is 0.359 e. The third kappa shape index (κ3) is 33.5. The fourth-order valence-electron chi connectivity index (χ4n) is 7.07. The number of hydroxylamine groups is 5. The van der Waals surface area contributed by atoms with Crippen molar-refractivity contribution in [3.63, 3.8) is 0 Å². The van der Waals surface area contributed by atoms with Gasteiger partial charge in [-0.1, -0.05) is 12.1 Å². The molecule has 0 spiro atoms. The molecule has 0 aromatic heterocycles. The lowest BCUT2D eigenvalue weighted by Gasteiger charge is -2.24. The largest absolute Gasteiger partial charge is 0.380 e. The summed E-state index contributed by atoms with van der Waals surface area (Å²) < 4.78 is 299. The quantitative estimate of drug-likeness (QED) is 0.0290. The first-order chi connectivity index (χ1) is 47.9. The fraction of sp³-hybridized carbons (Fsp3) is 0.375. The molecule has 56 heteroatoms. The first-order valence-electron chi connectivity index (χ1n) is 26.7. The summed E-state index contributed by atoms with van der Waals surface area (Å²) in [4.78, 5) is -2.86. The molecule has 594 valence electrons. The maximum atomic E-state index is 11.8. The average molecular weight is 1760 g/mol. The predicted molar refractivity (Wildman–Crippen MR) is 394 cm³/mol. The molecule has 0 heterocycles. The van der Waals surface area contributed by atoms with Crippen LogP contribution >= 0.6 is 0 Å². The van der Waals surface area contributed by atoms with Gasteiger partial charge in [-0.2, -0.15) is 59.3 Å². The van der Waals surface area contributed by atoms with Gasteiger partial charge in [0.25, 0.3) is 85.5 Å². The monoisotopic (exact) mass is 1750 g/mol. The number of nitrogens with zero attached hydrogens (tertiary/aromatic N) is 8. The van der Waals surface area contributed by atoms with Crippen molar-refractivity contribution in [1.82, 2.24) is 0 Å². The molecule has 42 nitrogen and oxygen atoms in total. The highest BCUT2D eigenvalue weighted by atomic mass is 32.2. The Balaban J connectivity index is 0.000000655. The summed E-state index contributed by atoms with van der Waals surface area (Å²) in [5, 5.41) is 5.70.